The van der Waals surface area contributed by atoms with Gasteiger partial charge in [-0.25, -0.2) is 4.98 Å². The standard InChI is InChI=1S/C18H19N3O2S3/c1-10-11(2)26-16-15(10)17(23)21(3)18(20-16)25-9-14(22)19-12-6-5-7-13(8-12)24-4/h5-8H,9H2,1-4H3,(H,19,22). The van der Waals surface area contributed by atoms with Crippen molar-refractivity contribution in [3.05, 3.63) is 45.1 Å². The molecule has 136 valence electrons. The molecular formula is C18H19N3O2S3. The van der Waals surface area contributed by atoms with E-state index in [1.165, 1.54) is 27.7 Å². The molecule has 1 amide bonds. The van der Waals surface area contributed by atoms with Crippen molar-refractivity contribution in [3.63, 3.8) is 0 Å². The van der Waals surface area contributed by atoms with Crippen molar-refractivity contribution in [3.8, 4) is 0 Å². The van der Waals surface area contributed by atoms with Crippen LogP contribution in [0.1, 0.15) is 10.4 Å². The maximum absolute atomic E-state index is 12.6. The number of rotatable bonds is 5. The maximum atomic E-state index is 12.6. The van der Waals surface area contributed by atoms with Crippen LogP contribution < -0.4 is 10.9 Å². The fraction of sp³-hybridized carbons (Fsp3) is 0.278. The summed E-state index contributed by atoms with van der Waals surface area (Å²) >= 11 is 4.41. The van der Waals surface area contributed by atoms with E-state index in [1.54, 1.807) is 18.8 Å². The Hall–Kier alpha value is -1.77. The highest BCUT2D eigenvalue weighted by molar-refractivity contribution is 7.99. The molecule has 0 aliphatic heterocycles. The highest BCUT2D eigenvalue weighted by Crippen LogP contribution is 2.28. The van der Waals surface area contributed by atoms with Gasteiger partial charge in [0.2, 0.25) is 5.91 Å². The smallest absolute Gasteiger partial charge is 0.262 e. The number of anilines is 1. The topological polar surface area (TPSA) is 64.0 Å². The van der Waals surface area contributed by atoms with E-state index in [2.05, 4.69) is 10.3 Å². The minimum absolute atomic E-state index is 0.0626. The van der Waals surface area contributed by atoms with Gasteiger partial charge in [0, 0.05) is 22.5 Å². The van der Waals surface area contributed by atoms with Crippen LogP contribution in [0, 0.1) is 13.8 Å². The van der Waals surface area contributed by atoms with Crippen LogP contribution >= 0.6 is 34.9 Å². The van der Waals surface area contributed by atoms with Crippen LogP contribution in [0.5, 0.6) is 0 Å². The molecule has 3 aromatic rings. The summed E-state index contributed by atoms with van der Waals surface area (Å²) in [4.78, 5) is 32.4. The van der Waals surface area contributed by atoms with Crippen molar-refractivity contribution in [2.24, 2.45) is 7.05 Å². The molecule has 0 fully saturated rings. The number of aromatic nitrogens is 2. The molecule has 0 unspecified atom stereocenters. The number of carbonyl (C=O) groups is 1. The minimum atomic E-state index is -0.124. The largest absolute Gasteiger partial charge is 0.325 e. The molecule has 0 saturated heterocycles. The second kappa shape index (κ2) is 7.85. The molecule has 0 atom stereocenters. The number of amides is 1. The number of thioether (sulfide) groups is 2. The Morgan fingerprint density at radius 3 is 2.85 bits per heavy atom. The molecule has 0 bridgehead atoms. The molecular weight excluding hydrogens is 386 g/mol. The van der Waals surface area contributed by atoms with Crippen molar-refractivity contribution in [2.75, 3.05) is 17.3 Å². The Kier molecular flexibility index (Phi) is 5.74. The van der Waals surface area contributed by atoms with Crippen LogP contribution in [-0.4, -0.2) is 27.5 Å². The lowest BCUT2D eigenvalue weighted by Gasteiger charge is -2.08. The molecule has 8 heteroatoms. The van der Waals surface area contributed by atoms with Gasteiger partial charge in [0.25, 0.3) is 5.56 Å². The number of benzene rings is 1. The first-order chi connectivity index (χ1) is 12.4. The SMILES string of the molecule is CSc1cccc(NC(=O)CSc2nc3sc(C)c(C)c3c(=O)n2C)c1. The Morgan fingerprint density at radius 2 is 2.12 bits per heavy atom. The summed E-state index contributed by atoms with van der Waals surface area (Å²) in [6.45, 7) is 3.93. The Bertz CT molecular complexity index is 1040. The third-order valence-electron chi connectivity index (χ3n) is 4.06. The number of hydrogen-bond acceptors (Lipinski definition) is 6. The Labute approximate surface area is 164 Å². The Morgan fingerprint density at radius 1 is 1.35 bits per heavy atom. The molecule has 0 aliphatic rings. The predicted octanol–water partition coefficient (Wildman–Crippen LogP) is 4.06. The zero-order chi connectivity index (χ0) is 18.8. The quantitative estimate of drug-likeness (QED) is 0.512. The van der Waals surface area contributed by atoms with Gasteiger partial charge in [-0.1, -0.05) is 17.8 Å². The van der Waals surface area contributed by atoms with Gasteiger partial charge in [0.15, 0.2) is 5.16 Å². The fourth-order valence-electron chi connectivity index (χ4n) is 2.51. The first-order valence-corrected chi connectivity index (χ1v) is 11.0. The number of thiophene rings is 1. The summed E-state index contributed by atoms with van der Waals surface area (Å²) in [5.74, 6) is 0.0691. The van der Waals surface area contributed by atoms with Gasteiger partial charge in [0.1, 0.15) is 4.83 Å². The molecule has 2 aromatic heterocycles. The van der Waals surface area contributed by atoms with Crippen molar-refractivity contribution in [1.29, 1.82) is 0 Å². The van der Waals surface area contributed by atoms with E-state index in [0.29, 0.717) is 10.5 Å². The lowest BCUT2D eigenvalue weighted by Crippen LogP contribution is -2.21. The van der Waals surface area contributed by atoms with Crippen LogP contribution in [0.4, 0.5) is 5.69 Å². The van der Waals surface area contributed by atoms with Crippen molar-refractivity contribution in [2.45, 2.75) is 23.9 Å². The lowest BCUT2D eigenvalue weighted by molar-refractivity contribution is -0.113. The van der Waals surface area contributed by atoms with Gasteiger partial charge in [-0.05, 0) is 43.9 Å². The molecule has 0 spiro atoms. The molecule has 0 radical (unpaired) electrons. The Balaban J connectivity index is 1.76. The number of carbonyl (C=O) groups excluding carboxylic acids is 1. The van der Waals surface area contributed by atoms with Gasteiger partial charge in [-0.2, -0.15) is 0 Å². The molecule has 0 saturated carbocycles. The van der Waals surface area contributed by atoms with Gasteiger partial charge >= 0.3 is 0 Å². The van der Waals surface area contributed by atoms with E-state index in [-0.39, 0.29) is 17.2 Å². The van der Waals surface area contributed by atoms with Gasteiger partial charge < -0.3 is 5.32 Å². The van der Waals surface area contributed by atoms with Crippen molar-refractivity contribution >= 4 is 56.7 Å². The molecule has 1 N–H and O–H groups in total. The number of hydrogen-bond donors (Lipinski definition) is 1. The van der Waals surface area contributed by atoms with Crippen LogP contribution in [0.25, 0.3) is 10.2 Å². The first kappa shape index (κ1) is 19.0. The summed E-state index contributed by atoms with van der Waals surface area (Å²) in [6.07, 6.45) is 1.99. The van der Waals surface area contributed by atoms with Gasteiger partial charge in [-0.15, -0.1) is 23.1 Å². The van der Waals surface area contributed by atoms with Crippen molar-refractivity contribution < 1.29 is 4.79 Å². The van der Waals surface area contributed by atoms with E-state index in [9.17, 15) is 9.59 Å². The predicted molar refractivity (Wildman–Crippen MR) is 112 cm³/mol. The summed E-state index contributed by atoms with van der Waals surface area (Å²) in [5.41, 5.74) is 1.69. The summed E-state index contributed by atoms with van der Waals surface area (Å²) < 4.78 is 1.52. The van der Waals surface area contributed by atoms with Gasteiger partial charge in [0.05, 0.1) is 11.1 Å². The second-order valence-electron chi connectivity index (χ2n) is 5.79. The summed E-state index contributed by atoms with van der Waals surface area (Å²) in [7, 11) is 1.70. The van der Waals surface area contributed by atoms with Crippen molar-refractivity contribution in [1.82, 2.24) is 9.55 Å². The molecule has 5 nitrogen and oxygen atoms in total. The second-order valence-corrected chi connectivity index (χ2v) is 8.82. The van der Waals surface area contributed by atoms with Crippen LogP contribution in [0.3, 0.4) is 0 Å². The number of fused-ring (bicyclic) bond motifs is 1. The zero-order valence-corrected chi connectivity index (χ0v) is 17.4. The van der Waals surface area contributed by atoms with E-state index < -0.39 is 0 Å². The van der Waals surface area contributed by atoms with E-state index in [1.807, 2.05) is 44.4 Å². The highest BCUT2D eigenvalue weighted by Gasteiger charge is 2.15. The first-order valence-electron chi connectivity index (χ1n) is 7.94. The summed E-state index contributed by atoms with van der Waals surface area (Å²) in [6, 6.07) is 7.70. The number of nitrogens with one attached hydrogen (secondary N) is 1. The molecule has 3 rings (SSSR count). The van der Waals surface area contributed by atoms with Gasteiger partial charge in [-0.3, -0.25) is 14.2 Å². The van der Waals surface area contributed by atoms with E-state index in [4.69, 9.17) is 0 Å². The normalized spacial score (nSPS) is 11.1. The monoisotopic (exact) mass is 405 g/mol. The fourth-order valence-corrected chi connectivity index (χ4v) is 4.81. The maximum Gasteiger partial charge on any atom is 0.262 e. The molecule has 1 aromatic carbocycles. The van der Waals surface area contributed by atoms with Crippen LogP contribution in [-0.2, 0) is 11.8 Å². The molecule has 0 aliphatic carbocycles. The molecule has 2 heterocycles. The number of nitrogens with zero attached hydrogens (tertiary/aromatic N) is 2. The molecule has 26 heavy (non-hydrogen) atoms. The lowest BCUT2D eigenvalue weighted by atomic mass is 10.2. The average molecular weight is 406 g/mol. The van der Waals surface area contributed by atoms with Crippen LogP contribution in [0.15, 0.2) is 39.1 Å². The van der Waals surface area contributed by atoms with Crippen LogP contribution in [0.2, 0.25) is 0 Å². The summed E-state index contributed by atoms with van der Waals surface area (Å²) in [5, 5.41) is 4.12. The van der Waals surface area contributed by atoms with E-state index in [0.717, 1.165) is 25.9 Å². The van der Waals surface area contributed by atoms with E-state index >= 15 is 0 Å². The number of aryl methyl sites for hydroxylation is 2. The third-order valence-corrected chi connectivity index (χ3v) is 6.91. The highest BCUT2D eigenvalue weighted by atomic mass is 32.2. The third kappa shape index (κ3) is 3.82. The average Bonchev–Trinajstić information content (AvgIpc) is 2.91. The minimum Gasteiger partial charge on any atom is -0.325 e. The zero-order valence-electron chi connectivity index (χ0n) is 15.0.